The van der Waals surface area contributed by atoms with Gasteiger partial charge in [0, 0.05) is 35.2 Å². The van der Waals surface area contributed by atoms with Crippen LogP contribution in [0, 0.1) is 0 Å². The van der Waals surface area contributed by atoms with E-state index >= 15 is 0 Å². The Morgan fingerprint density at radius 3 is 2.35 bits per heavy atom. The second-order valence-electron chi connectivity index (χ2n) is 7.97. The Kier molecular flexibility index (Phi) is 6.54. The Hall–Kier alpha value is -2.76. The zero-order chi connectivity index (χ0) is 24.7. The van der Waals surface area contributed by atoms with Gasteiger partial charge in [-0.3, -0.25) is 4.79 Å². The molecular weight excluding hydrogens is 497 g/mol. The molecule has 1 aliphatic heterocycles. The van der Waals surface area contributed by atoms with Crippen molar-refractivity contribution in [2.24, 2.45) is 0 Å². The highest BCUT2D eigenvalue weighted by atomic mass is 35.5. The van der Waals surface area contributed by atoms with Crippen molar-refractivity contribution in [1.82, 2.24) is 8.87 Å². The number of benzene rings is 2. The lowest BCUT2D eigenvalue weighted by Crippen LogP contribution is -2.37. The third kappa shape index (κ3) is 5.16. The molecule has 0 spiro atoms. The van der Waals surface area contributed by atoms with Gasteiger partial charge < -0.3 is 14.4 Å². The average molecular weight is 517 g/mol. The van der Waals surface area contributed by atoms with Crippen LogP contribution in [-0.4, -0.2) is 47.8 Å². The van der Waals surface area contributed by atoms with Crippen LogP contribution in [0.2, 0.25) is 5.02 Å². The number of alkyl halides is 3. The molecule has 12 heteroatoms. The fourth-order valence-corrected chi connectivity index (χ4v) is 5.91. The zero-order valence-electron chi connectivity index (χ0n) is 17.6. The zero-order valence-corrected chi connectivity index (χ0v) is 19.2. The summed E-state index contributed by atoms with van der Waals surface area (Å²) in [6.07, 6.45) is -2.09. The van der Waals surface area contributed by atoms with E-state index in [1.165, 1.54) is 4.31 Å². The average Bonchev–Trinajstić information content (AvgIpc) is 3.10. The third-order valence-electron chi connectivity index (χ3n) is 5.77. The van der Waals surface area contributed by atoms with Gasteiger partial charge in [-0.1, -0.05) is 11.6 Å². The minimum atomic E-state index is -4.86. The summed E-state index contributed by atoms with van der Waals surface area (Å²) in [7, 11) is -3.90. The largest absolute Gasteiger partial charge is 0.573 e. The summed E-state index contributed by atoms with van der Waals surface area (Å²) >= 11 is 6.16. The van der Waals surface area contributed by atoms with E-state index in [1.54, 1.807) is 29.0 Å². The quantitative estimate of drug-likeness (QED) is 0.506. The molecular formula is C22H20ClF3N2O5S. The maximum absolute atomic E-state index is 13.0. The molecule has 1 aliphatic rings. The summed E-state index contributed by atoms with van der Waals surface area (Å²) in [6, 6.07) is 9.33. The molecule has 7 nitrogen and oxygen atoms in total. The maximum Gasteiger partial charge on any atom is 0.573 e. The van der Waals surface area contributed by atoms with E-state index in [-0.39, 0.29) is 30.4 Å². The number of rotatable bonds is 6. The number of carbonyl (C=O) groups is 1. The maximum atomic E-state index is 13.0. The molecule has 0 bridgehead atoms. The van der Waals surface area contributed by atoms with Crippen molar-refractivity contribution in [2.45, 2.75) is 36.6 Å². The minimum absolute atomic E-state index is 0.00924. The predicted molar refractivity (Wildman–Crippen MR) is 118 cm³/mol. The number of ether oxygens (including phenoxy) is 1. The lowest BCUT2D eigenvalue weighted by atomic mass is 9.90. The van der Waals surface area contributed by atoms with Crippen LogP contribution in [0.4, 0.5) is 13.2 Å². The number of nitrogens with zero attached hydrogens (tertiary/aromatic N) is 2. The Labute approximate surface area is 198 Å². The van der Waals surface area contributed by atoms with Crippen LogP contribution in [0.1, 0.15) is 24.3 Å². The van der Waals surface area contributed by atoms with Crippen LogP contribution in [0.25, 0.3) is 10.9 Å². The number of piperidine rings is 1. The molecule has 1 aromatic heterocycles. The van der Waals surface area contributed by atoms with E-state index in [0.717, 1.165) is 40.7 Å². The van der Waals surface area contributed by atoms with Gasteiger partial charge in [-0.15, -0.1) is 13.2 Å². The van der Waals surface area contributed by atoms with Gasteiger partial charge in [0.25, 0.3) is 0 Å². The Bertz CT molecular complexity index is 1310. The van der Waals surface area contributed by atoms with E-state index < -0.39 is 28.1 Å². The highest BCUT2D eigenvalue weighted by molar-refractivity contribution is 7.89. The highest BCUT2D eigenvalue weighted by Crippen LogP contribution is 2.37. The first-order valence-electron chi connectivity index (χ1n) is 10.3. The van der Waals surface area contributed by atoms with Crippen molar-refractivity contribution in [3.63, 3.8) is 0 Å². The molecule has 0 radical (unpaired) electrons. The van der Waals surface area contributed by atoms with Crippen LogP contribution in [0.3, 0.4) is 0 Å². The number of sulfonamides is 1. The van der Waals surface area contributed by atoms with E-state index in [4.69, 9.17) is 11.6 Å². The molecule has 0 amide bonds. The van der Waals surface area contributed by atoms with E-state index in [1.807, 2.05) is 0 Å². The van der Waals surface area contributed by atoms with Gasteiger partial charge in [0.05, 0.1) is 4.90 Å². The minimum Gasteiger partial charge on any atom is -0.480 e. The van der Waals surface area contributed by atoms with Crippen LogP contribution < -0.4 is 4.74 Å². The fourth-order valence-electron chi connectivity index (χ4n) is 4.27. The lowest BCUT2D eigenvalue weighted by Gasteiger charge is -2.31. The number of carboxylic acids is 1. The summed E-state index contributed by atoms with van der Waals surface area (Å²) < 4.78 is 69.7. The topological polar surface area (TPSA) is 88.8 Å². The first-order valence-corrected chi connectivity index (χ1v) is 12.1. The standard InChI is InChI=1S/C22H20ClF3N2O5S/c23-15-1-6-20-18(11-15)19(12-27(20)13-21(29)30)14-7-9-28(10-8-14)34(31,32)17-4-2-16(3-5-17)33-22(24,25)26/h1-6,11-12,14H,7-10,13H2,(H,29,30). The van der Waals surface area contributed by atoms with Crippen molar-refractivity contribution in [3.8, 4) is 5.75 Å². The fraction of sp³-hybridized carbons (Fsp3) is 0.318. The summed E-state index contributed by atoms with van der Waals surface area (Å²) in [4.78, 5) is 11.1. The van der Waals surface area contributed by atoms with Gasteiger partial charge in [-0.25, -0.2) is 8.42 Å². The van der Waals surface area contributed by atoms with Crippen LogP contribution in [-0.2, 0) is 21.4 Å². The Balaban J connectivity index is 1.51. The van der Waals surface area contributed by atoms with Crippen molar-refractivity contribution >= 4 is 38.5 Å². The van der Waals surface area contributed by atoms with Gasteiger partial charge in [0.2, 0.25) is 10.0 Å². The van der Waals surface area contributed by atoms with Gasteiger partial charge in [0.15, 0.2) is 0 Å². The molecule has 0 aliphatic carbocycles. The summed E-state index contributed by atoms with van der Waals surface area (Å²) in [5.41, 5.74) is 1.64. The Morgan fingerprint density at radius 1 is 1.12 bits per heavy atom. The van der Waals surface area contributed by atoms with Crippen LogP contribution in [0.5, 0.6) is 5.75 Å². The van der Waals surface area contributed by atoms with Gasteiger partial charge in [-0.05, 0) is 66.8 Å². The normalized spacial score (nSPS) is 16.1. The number of hydrogen-bond donors (Lipinski definition) is 1. The molecule has 0 atom stereocenters. The third-order valence-corrected chi connectivity index (χ3v) is 7.92. The summed E-state index contributed by atoms with van der Waals surface area (Å²) in [5.74, 6) is -1.49. The number of aromatic nitrogens is 1. The van der Waals surface area contributed by atoms with E-state index in [9.17, 15) is 31.5 Å². The van der Waals surface area contributed by atoms with E-state index in [2.05, 4.69) is 4.74 Å². The summed E-state index contributed by atoms with van der Waals surface area (Å²) in [6.45, 7) is 0.208. The molecule has 34 heavy (non-hydrogen) atoms. The molecule has 2 aromatic carbocycles. The lowest BCUT2D eigenvalue weighted by molar-refractivity contribution is -0.274. The van der Waals surface area contributed by atoms with Crippen LogP contribution in [0.15, 0.2) is 53.6 Å². The molecule has 0 saturated carbocycles. The number of halogens is 4. The van der Waals surface area contributed by atoms with Crippen molar-refractivity contribution in [2.75, 3.05) is 13.1 Å². The van der Waals surface area contributed by atoms with E-state index in [0.29, 0.717) is 17.9 Å². The molecule has 182 valence electrons. The second kappa shape index (κ2) is 9.12. The van der Waals surface area contributed by atoms with Crippen molar-refractivity contribution in [3.05, 3.63) is 59.2 Å². The molecule has 1 N–H and O–H groups in total. The Morgan fingerprint density at radius 2 is 1.76 bits per heavy atom. The van der Waals surface area contributed by atoms with Crippen molar-refractivity contribution in [1.29, 1.82) is 0 Å². The van der Waals surface area contributed by atoms with Crippen molar-refractivity contribution < 1.29 is 36.2 Å². The number of fused-ring (bicyclic) bond motifs is 1. The molecule has 2 heterocycles. The van der Waals surface area contributed by atoms with Gasteiger partial charge >= 0.3 is 12.3 Å². The smallest absolute Gasteiger partial charge is 0.480 e. The highest BCUT2D eigenvalue weighted by Gasteiger charge is 2.33. The molecule has 1 saturated heterocycles. The van der Waals surface area contributed by atoms with Gasteiger partial charge in [0.1, 0.15) is 12.3 Å². The SMILES string of the molecule is O=C(O)Cn1cc(C2CCN(S(=O)(=O)c3ccc(OC(F)(F)F)cc3)CC2)c2cc(Cl)ccc21. The molecule has 4 rings (SSSR count). The summed E-state index contributed by atoms with van der Waals surface area (Å²) in [5, 5.41) is 10.6. The first-order chi connectivity index (χ1) is 15.9. The predicted octanol–water partition coefficient (Wildman–Crippen LogP) is 4.85. The van der Waals surface area contributed by atoms with Crippen LogP contribution >= 0.6 is 11.6 Å². The monoisotopic (exact) mass is 516 g/mol. The second-order valence-corrected chi connectivity index (χ2v) is 10.3. The number of hydrogen-bond acceptors (Lipinski definition) is 4. The first kappa shape index (κ1) is 24.4. The van der Waals surface area contributed by atoms with Gasteiger partial charge in [-0.2, -0.15) is 4.31 Å². The number of aliphatic carboxylic acids is 1. The number of carboxylic acid groups (broad SMARTS) is 1. The molecule has 1 fully saturated rings. The molecule has 0 unspecified atom stereocenters. The molecule has 3 aromatic rings.